The van der Waals surface area contributed by atoms with Gasteiger partial charge in [0.15, 0.2) is 0 Å². The largest absolute Gasteiger partial charge is 0.353 e. The molecule has 1 aliphatic carbocycles. The van der Waals surface area contributed by atoms with Gasteiger partial charge in [-0.2, -0.15) is 0 Å². The summed E-state index contributed by atoms with van der Waals surface area (Å²) in [6.45, 7) is 6.12. The van der Waals surface area contributed by atoms with Crippen LogP contribution in [0.1, 0.15) is 55.2 Å². The number of carbonyl (C=O) groups is 1. The predicted octanol–water partition coefficient (Wildman–Crippen LogP) is 2.49. The van der Waals surface area contributed by atoms with E-state index in [4.69, 9.17) is 0 Å². The number of nitrogens with one attached hydrogen (secondary N) is 2. The minimum Gasteiger partial charge on any atom is -0.353 e. The van der Waals surface area contributed by atoms with E-state index >= 15 is 0 Å². The molecule has 122 valence electrons. The van der Waals surface area contributed by atoms with Crippen LogP contribution in [0.4, 0.5) is 0 Å². The lowest BCUT2D eigenvalue weighted by atomic mass is 9.90. The quantitative estimate of drug-likeness (QED) is 0.838. The zero-order valence-corrected chi connectivity index (χ0v) is 13.7. The van der Waals surface area contributed by atoms with E-state index in [1.54, 1.807) is 0 Å². The third-order valence-corrected chi connectivity index (χ3v) is 4.57. The van der Waals surface area contributed by atoms with Crippen molar-refractivity contribution in [2.24, 2.45) is 5.92 Å². The second-order valence-electron chi connectivity index (χ2n) is 5.92. The zero-order chi connectivity index (χ0) is 15.0. The van der Waals surface area contributed by atoms with Gasteiger partial charge in [-0.25, -0.2) is 0 Å². The molecule has 1 saturated heterocycles. The molecule has 0 aromatic carbocycles. The van der Waals surface area contributed by atoms with E-state index in [0.717, 1.165) is 38.8 Å². The third-order valence-electron chi connectivity index (χ3n) is 4.57. The summed E-state index contributed by atoms with van der Waals surface area (Å²) in [5.41, 5.74) is 0. The number of piperidine rings is 1. The van der Waals surface area contributed by atoms with Crippen molar-refractivity contribution in [2.45, 2.75) is 64.5 Å². The summed E-state index contributed by atoms with van der Waals surface area (Å²) >= 11 is 0. The normalized spacial score (nSPS) is 28.4. The van der Waals surface area contributed by atoms with Crippen molar-refractivity contribution in [2.75, 3.05) is 27.2 Å². The molecule has 0 unspecified atom stereocenters. The molecular formula is C16H37N3O. The van der Waals surface area contributed by atoms with Crippen molar-refractivity contribution >= 4 is 5.91 Å². The fourth-order valence-corrected chi connectivity index (χ4v) is 3.12. The van der Waals surface area contributed by atoms with Crippen LogP contribution in [0.15, 0.2) is 0 Å². The van der Waals surface area contributed by atoms with E-state index in [1.165, 1.54) is 12.8 Å². The van der Waals surface area contributed by atoms with Gasteiger partial charge in [-0.05, 0) is 65.7 Å². The highest BCUT2D eigenvalue weighted by atomic mass is 16.1. The van der Waals surface area contributed by atoms with Crippen LogP contribution >= 0.6 is 0 Å². The number of amides is 1. The average Bonchev–Trinajstić information content (AvgIpc) is 2.50. The van der Waals surface area contributed by atoms with Crippen LogP contribution in [0.2, 0.25) is 0 Å². The maximum atomic E-state index is 12.2. The summed E-state index contributed by atoms with van der Waals surface area (Å²) in [5.74, 6) is 0.555. The average molecular weight is 287 g/mol. The van der Waals surface area contributed by atoms with E-state index in [2.05, 4.69) is 22.6 Å². The molecule has 4 nitrogen and oxygen atoms in total. The van der Waals surface area contributed by atoms with E-state index in [-0.39, 0.29) is 8.77 Å². The van der Waals surface area contributed by atoms with Crippen molar-refractivity contribution in [3.8, 4) is 0 Å². The minimum absolute atomic E-state index is 0. The molecule has 0 spiro atoms. The summed E-state index contributed by atoms with van der Waals surface area (Å²) < 4.78 is 0. The number of hydrogen-bond donors (Lipinski definition) is 2. The summed E-state index contributed by atoms with van der Waals surface area (Å²) in [5, 5.41) is 6.59. The van der Waals surface area contributed by atoms with Gasteiger partial charge in [-0.3, -0.25) is 4.79 Å². The standard InChI is InChI=1S/C14H27N3O.C2H6.2H2/c1-15-12-3-5-13(6-4-12)16-14(18)11-7-9-17(2)10-8-11;1-2;;/h11-13,15H,3-10H2,1-2H3,(H,16,18);1-2H3;2*1H. The smallest absolute Gasteiger partial charge is 0.223 e. The van der Waals surface area contributed by atoms with Gasteiger partial charge in [0.1, 0.15) is 0 Å². The monoisotopic (exact) mass is 287 g/mol. The summed E-state index contributed by atoms with van der Waals surface area (Å²) in [6.07, 6.45) is 6.68. The summed E-state index contributed by atoms with van der Waals surface area (Å²) in [4.78, 5) is 14.5. The van der Waals surface area contributed by atoms with Gasteiger partial charge in [0.05, 0.1) is 0 Å². The Bertz CT molecular complexity index is 277. The van der Waals surface area contributed by atoms with E-state index in [0.29, 0.717) is 18.0 Å². The second kappa shape index (κ2) is 9.35. The Morgan fingerprint density at radius 1 is 1.00 bits per heavy atom. The molecular weight excluding hydrogens is 250 g/mol. The Kier molecular flexibility index (Phi) is 8.15. The molecule has 0 atom stereocenters. The fourth-order valence-electron chi connectivity index (χ4n) is 3.12. The fraction of sp³-hybridized carbons (Fsp3) is 0.938. The number of hydrogen-bond acceptors (Lipinski definition) is 3. The zero-order valence-electron chi connectivity index (χ0n) is 13.7. The van der Waals surface area contributed by atoms with Crippen LogP contribution in [0.5, 0.6) is 0 Å². The lowest BCUT2D eigenvalue weighted by molar-refractivity contribution is -0.127. The van der Waals surface area contributed by atoms with Crippen molar-refractivity contribution in [1.82, 2.24) is 15.5 Å². The van der Waals surface area contributed by atoms with Crippen molar-refractivity contribution in [3.05, 3.63) is 0 Å². The molecule has 4 heteroatoms. The maximum absolute atomic E-state index is 12.2. The molecule has 1 amide bonds. The van der Waals surface area contributed by atoms with E-state index < -0.39 is 0 Å². The molecule has 2 fully saturated rings. The molecule has 2 N–H and O–H groups in total. The molecule has 0 aromatic heterocycles. The number of likely N-dealkylation sites (tertiary alicyclic amines) is 1. The molecule has 0 radical (unpaired) electrons. The Hall–Kier alpha value is -0.610. The van der Waals surface area contributed by atoms with Crippen molar-refractivity contribution in [3.63, 3.8) is 0 Å². The van der Waals surface area contributed by atoms with Crippen molar-refractivity contribution < 1.29 is 7.65 Å². The highest BCUT2D eigenvalue weighted by Gasteiger charge is 2.27. The Morgan fingerprint density at radius 2 is 1.50 bits per heavy atom. The van der Waals surface area contributed by atoms with Crippen LogP contribution in [0.3, 0.4) is 0 Å². The highest BCUT2D eigenvalue weighted by Crippen LogP contribution is 2.21. The molecule has 0 aromatic rings. The molecule has 2 aliphatic rings. The maximum Gasteiger partial charge on any atom is 0.223 e. The number of carbonyl (C=O) groups excluding carboxylic acids is 1. The van der Waals surface area contributed by atoms with Crippen LogP contribution in [0, 0.1) is 5.92 Å². The van der Waals surface area contributed by atoms with Gasteiger partial charge in [0, 0.05) is 20.9 Å². The van der Waals surface area contributed by atoms with Gasteiger partial charge in [0.25, 0.3) is 0 Å². The first-order valence-electron chi connectivity index (χ1n) is 8.35. The van der Waals surface area contributed by atoms with Crippen LogP contribution in [0.25, 0.3) is 0 Å². The molecule has 1 aliphatic heterocycles. The van der Waals surface area contributed by atoms with Crippen LogP contribution < -0.4 is 10.6 Å². The van der Waals surface area contributed by atoms with Crippen LogP contribution in [-0.4, -0.2) is 50.1 Å². The molecule has 1 saturated carbocycles. The lowest BCUT2D eigenvalue weighted by Gasteiger charge is -2.32. The molecule has 20 heavy (non-hydrogen) atoms. The number of nitrogens with zero attached hydrogens (tertiary/aromatic N) is 1. The van der Waals surface area contributed by atoms with Crippen molar-refractivity contribution in [1.29, 1.82) is 0 Å². The predicted molar refractivity (Wildman–Crippen MR) is 89.0 cm³/mol. The SMILES string of the molecule is CC.CNC1CCC(NC(=O)C2CCN(C)CC2)CC1.[HH].[HH]. The Labute approximate surface area is 127 Å². The first-order valence-corrected chi connectivity index (χ1v) is 8.35. The molecule has 2 rings (SSSR count). The Morgan fingerprint density at radius 3 is 2.00 bits per heavy atom. The second-order valence-corrected chi connectivity index (χ2v) is 5.92. The van der Waals surface area contributed by atoms with Crippen LogP contribution in [-0.2, 0) is 4.79 Å². The van der Waals surface area contributed by atoms with Gasteiger partial charge in [-0.15, -0.1) is 0 Å². The number of rotatable bonds is 3. The Balaban J connectivity index is 0. The van der Waals surface area contributed by atoms with E-state index in [1.807, 2.05) is 20.9 Å². The summed E-state index contributed by atoms with van der Waals surface area (Å²) in [6, 6.07) is 1.07. The molecule has 0 bridgehead atoms. The van der Waals surface area contributed by atoms with Gasteiger partial charge >= 0.3 is 0 Å². The first-order chi connectivity index (χ1) is 9.69. The third kappa shape index (κ3) is 5.41. The highest BCUT2D eigenvalue weighted by molar-refractivity contribution is 5.79. The van der Waals surface area contributed by atoms with Gasteiger partial charge < -0.3 is 15.5 Å². The van der Waals surface area contributed by atoms with Gasteiger partial charge in [0.2, 0.25) is 5.91 Å². The topological polar surface area (TPSA) is 44.4 Å². The van der Waals surface area contributed by atoms with Gasteiger partial charge in [-0.1, -0.05) is 13.8 Å². The first kappa shape index (κ1) is 17.4. The minimum atomic E-state index is 0. The molecule has 1 heterocycles. The summed E-state index contributed by atoms with van der Waals surface area (Å²) in [7, 11) is 4.16. The van der Waals surface area contributed by atoms with E-state index in [9.17, 15) is 4.79 Å². The lowest BCUT2D eigenvalue weighted by Crippen LogP contribution is -2.45.